The molecule has 0 atom stereocenters. The third-order valence-electron chi connectivity index (χ3n) is 3.80. The molecule has 3 rings (SSSR count). The molecule has 0 radical (unpaired) electrons. The van der Waals surface area contributed by atoms with E-state index in [9.17, 15) is 4.79 Å². The number of amides is 1. The summed E-state index contributed by atoms with van der Waals surface area (Å²) in [5.41, 5.74) is 2.70. The second-order valence-electron chi connectivity index (χ2n) is 4.93. The maximum Gasteiger partial charge on any atom is 0.409 e. The van der Waals surface area contributed by atoms with Crippen LogP contribution in [0, 0.1) is 0 Å². The van der Waals surface area contributed by atoms with Crippen molar-refractivity contribution in [2.45, 2.75) is 12.8 Å². The van der Waals surface area contributed by atoms with E-state index in [2.05, 4.69) is 36.4 Å². The molecule has 3 heteroatoms. The molecule has 0 fully saturated rings. The minimum atomic E-state index is -0.225. The first-order valence-electron chi connectivity index (χ1n) is 6.61. The Balaban J connectivity index is 1.94. The van der Waals surface area contributed by atoms with Crippen molar-refractivity contribution < 1.29 is 9.53 Å². The third-order valence-corrected chi connectivity index (χ3v) is 3.80. The van der Waals surface area contributed by atoms with Gasteiger partial charge in [-0.1, -0.05) is 36.4 Å². The molecular weight excluding hydrogens is 238 g/mol. The summed E-state index contributed by atoms with van der Waals surface area (Å²) in [5, 5.41) is 2.54. The van der Waals surface area contributed by atoms with Crippen LogP contribution in [0.25, 0.3) is 10.8 Å². The van der Waals surface area contributed by atoms with Crippen molar-refractivity contribution in [1.82, 2.24) is 4.90 Å². The predicted octanol–water partition coefficient (Wildman–Crippen LogP) is 3.01. The van der Waals surface area contributed by atoms with Crippen LogP contribution in [0.4, 0.5) is 4.79 Å². The van der Waals surface area contributed by atoms with Crippen LogP contribution in [0.5, 0.6) is 0 Å². The maximum atomic E-state index is 11.6. The molecule has 0 N–H and O–H groups in total. The zero-order chi connectivity index (χ0) is 13.2. The van der Waals surface area contributed by atoms with Gasteiger partial charge >= 0.3 is 6.09 Å². The van der Waals surface area contributed by atoms with Crippen molar-refractivity contribution in [2.75, 3.05) is 20.2 Å². The Morgan fingerprint density at radius 1 is 1.05 bits per heavy atom. The van der Waals surface area contributed by atoms with Gasteiger partial charge in [-0.05, 0) is 34.7 Å². The number of hydrogen-bond donors (Lipinski definition) is 0. The topological polar surface area (TPSA) is 29.5 Å². The second kappa shape index (κ2) is 4.92. The highest BCUT2D eigenvalue weighted by molar-refractivity contribution is 5.84. The summed E-state index contributed by atoms with van der Waals surface area (Å²) < 4.78 is 4.81. The van der Waals surface area contributed by atoms with E-state index in [4.69, 9.17) is 4.74 Å². The molecule has 1 amide bonds. The van der Waals surface area contributed by atoms with Crippen LogP contribution < -0.4 is 0 Å². The molecule has 2 aromatic carbocycles. The van der Waals surface area contributed by atoms with Crippen molar-refractivity contribution in [2.24, 2.45) is 0 Å². The average molecular weight is 255 g/mol. The minimum Gasteiger partial charge on any atom is -0.453 e. The summed E-state index contributed by atoms with van der Waals surface area (Å²) >= 11 is 0. The average Bonchev–Trinajstić information content (AvgIpc) is 2.66. The van der Waals surface area contributed by atoms with Crippen molar-refractivity contribution in [3.63, 3.8) is 0 Å². The van der Waals surface area contributed by atoms with Gasteiger partial charge in [-0.3, -0.25) is 0 Å². The van der Waals surface area contributed by atoms with Gasteiger partial charge < -0.3 is 9.64 Å². The lowest BCUT2D eigenvalue weighted by atomic mass is 9.98. The molecular formula is C16H17NO2. The molecule has 1 heterocycles. The number of ether oxygens (including phenoxy) is 1. The van der Waals surface area contributed by atoms with Crippen LogP contribution in [0.15, 0.2) is 36.4 Å². The molecule has 19 heavy (non-hydrogen) atoms. The Kier molecular flexibility index (Phi) is 3.11. The van der Waals surface area contributed by atoms with Gasteiger partial charge in [-0.15, -0.1) is 0 Å². The highest BCUT2D eigenvalue weighted by Gasteiger charge is 2.18. The van der Waals surface area contributed by atoms with Crippen LogP contribution in [0.3, 0.4) is 0 Å². The lowest BCUT2D eigenvalue weighted by Gasteiger charge is -2.17. The normalized spacial score (nSPS) is 14.9. The highest BCUT2D eigenvalue weighted by Crippen LogP contribution is 2.23. The summed E-state index contributed by atoms with van der Waals surface area (Å²) in [6.07, 6.45) is 1.57. The molecule has 0 aliphatic carbocycles. The van der Waals surface area contributed by atoms with E-state index in [1.807, 2.05) is 0 Å². The first-order valence-corrected chi connectivity index (χ1v) is 6.61. The van der Waals surface area contributed by atoms with Crippen molar-refractivity contribution >= 4 is 16.9 Å². The fourth-order valence-electron chi connectivity index (χ4n) is 2.73. The lowest BCUT2D eigenvalue weighted by Crippen LogP contribution is -2.33. The second-order valence-corrected chi connectivity index (χ2v) is 4.93. The number of carbonyl (C=O) groups is 1. The molecule has 98 valence electrons. The molecule has 0 saturated heterocycles. The summed E-state index contributed by atoms with van der Waals surface area (Å²) in [4.78, 5) is 13.4. The molecule has 1 aliphatic heterocycles. The van der Waals surface area contributed by atoms with Crippen molar-refractivity contribution in [3.05, 3.63) is 47.5 Å². The van der Waals surface area contributed by atoms with Gasteiger partial charge in [0.15, 0.2) is 0 Å². The third kappa shape index (κ3) is 2.28. The smallest absolute Gasteiger partial charge is 0.409 e. The first-order chi connectivity index (χ1) is 9.28. The van der Waals surface area contributed by atoms with E-state index < -0.39 is 0 Å². The zero-order valence-electron chi connectivity index (χ0n) is 11.1. The quantitative estimate of drug-likeness (QED) is 0.724. The van der Waals surface area contributed by atoms with E-state index >= 15 is 0 Å². The summed E-state index contributed by atoms with van der Waals surface area (Å²) in [5.74, 6) is 0. The molecule has 0 bridgehead atoms. The van der Waals surface area contributed by atoms with Crippen LogP contribution in [-0.2, 0) is 17.6 Å². The lowest BCUT2D eigenvalue weighted by molar-refractivity contribution is 0.125. The first kappa shape index (κ1) is 12.0. The SMILES string of the molecule is COC(=O)N1CCc2cc3ccccc3cc2CC1. The molecule has 1 aliphatic rings. The van der Waals surface area contributed by atoms with Crippen LogP contribution in [0.1, 0.15) is 11.1 Å². The number of fused-ring (bicyclic) bond motifs is 2. The van der Waals surface area contributed by atoms with E-state index in [1.165, 1.54) is 29.0 Å². The summed E-state index contributed by atoms with van der Waals surface area (Å²) in [6.45, 7) is 1.47. The predicted molar refractivity (Wildman–Crippen MR) is 75.3 cm³/mol. The van der Waals surface area contributed by atoms with Crippen LogP contribution in [0.2, 0.25) is 0 Å². The van der Waals surface area contributed by atoms with E-state index in [0.717, 1.165) is 25.9 Å². The number of benzene rings is 2. The minimum absolute atomic E-state index is 0.225. The van der Waals surface area contributed by atoms with Crippen LogP contribution >= 0.6 is 0 Å². The molecule has 0 aromatic heterocycles. The van der Waals surface area contributed by atoms with Gasteiger partial charge in [0, 0.05) is 13.1 Å². The summed E-state index contributed by atoms with van der Waals surface area (Å²) in [7, 11) is 1.44. The van der Waals surface area contributed by atoms with E-state index in [0.29, 0.717) is 0 Å². The van der Waals surface area contributed by atoms with E-state index in [1.54, 1.807) is 4.90 Å². The molecule has 2 aromatic rings. The number of rotatable bonds is 0. The summed E-state index contributed by atoms with van der Waals surface area (Å²) in [6, 6.07) is 12.9. The zero-order valence-corrected chi connectivity index (χ0v) is 11.1. The largest absolute Gasteiger partial charge is 0.453 e. The fraction of sp³-hybridized carbons (Fsp3) is 0.312. The van der Waals surface area contributed by atoms with Gasteiger partial charge in [-0.2, -0.15) is 0 Å². The number of carbonyl (C=O) groups excluding carboxylic acids is 1. The molecule has 3 nitrogen and oxygen atoms in total. The van der Waals surface area contributed by atoms with E-state index in [-0.39, 0.29) is 6.09 Å². The Labute approximate surface area is 112 Å². The Hall–Kier alpha value is -2.03. The number of methoxy groups -OCH3 is 1. The van der Waals surface area contributed by atoms with Crippen LogP contribution in [-0.4, -0.2) is 31.2 Å². The fourth-order valence-corrected chi connectivity index (χ4v) is 2.73. The monoisotopic (exact) mass is 255 g/mol. The number of hydrogen-bond acceptors (Lipinski definition) is 2. The van der Waals surface area contributed by atoms with Gasteiger partial charge in [0.25, 0.3) is 0 Å². The van der Waals surface area contributed by atoms with Gasteiger partial charge in [0.2, 0.25) is 0 Å². The number of nitrogens with zero attached hydrogens (tertiary/aromatic N) is 1. The molecule has 0 unspecified atom stereocenters. The maximum absolute atomic E-state index is 11.6. The highest BCUT2D eigenvalue weighted by atomic mass is 16.5. The van der Waals surface area contributed by atoms with Crippen molar-refractivity contribution in [1.29, 1.82) is 0 Å². The van der Waals surface area contributed by atoms with Crippen molar-refractivity contribution in [3.8, 4) is 0 Å². The van der Waals surface area contributed by atoms with Gasteiger partial charge in [0.1, 0.15) is 0 Å². The Morgan fingerprint density at radius 2 is 1.58 bits per heavy atom. The molecule has 0 saturated carbocycles. The molecule has 0 spiro atoms. The Bertz CT molecular complexity index is 575. The van der Waals surface area contributed by atoms with Gasteiger partial charge in [-0.25, -0.2) is 4.79 Å². The Morgan fingerprint density at radius 3 is 2.05 bits per heavy atom. The standard InChI is InChI=1S/C16H17NO2/c1-19-16(18)17-8-6-14-10-12-4-2-3-5-13(12)11-15(14)7-9-17/h2-5,10-11H,6-9H2,1H3. The van der Waals surface area contributed by atoms with Gasteiger partial charge in [0.05, 0.1) is 7.11 Å².